The van der Waals surface area contributed by atoms with Gasteiger partial charge < -0.3 is 5.32 Å². The summed E-state index contributed by atoms with van der Waals surface area (Å²) in [7, 11) is 1.76. The summed E-state index contributed by atoms with van der Waals surface area (Å²) in [5.41, 5.74) is 3.67. The van der Waals surface area contributed by atoms with Crippen LogP contribution in [0.3, 0.4) is 0 Å². The van der Waals surface area contributed by atoms with Gasteiger partial charge in [-0.05, 0) is 53.6 Å². The van der Waals surface area contributed by atoms with Gasteiger partial charge in [0.1, 0.15) is 5.69 Å². The quantitative estimate of drug-likeness (QED) is 0.843. The zero-order valence-electron chi connectivity index (χ0n) is 10.5. The van der Waals surface area contributed by atoms with Crippen molar-refractivity contribution in [2.45, 2.75) is 13.8 Å². The summed E-state index contributed by atoms with van der Waals surface area (Å²) in [4.78, 5) is 12.2. The number of anilines is 1. The van der Waals surface area contributed by atoms with E-state index in [0.29, 0.717) is 5.69 Å². The van der Waals surface area contributed by atoms with Gasteiger partial charge in [-0.3, -0.25) is 9.48 Å². The molecule has 4 nitrogen and oxygen atoms in total. The van der Waals surface area contributed by atoms with Gasteiger partial charge in [0.15, 0.2) is 0 Å². The van der Waals surface area contributed by atoms with Crippen molar-refractivity contribution < 1.29 is 4.79 Å². The molecule has 0 bridgehead atoms. The minimum atomic E-state index is -0.131. The summed E-state index contributed by atoms with van der Waals surface area (Å²) in [6, 6.07) is 5.87. The number of nitrogens with one attached hydrogen (secondary N) is 1. The first-order chi connectivity index (χ1) is 8.50. The fourth-order valence-electron chi connectivity index (χ4n) is 1.73. The molecule has 0 fully saturated rings. The summed E-state index contributed by atoms with van der Waals surface area (Å²) in [6.07, 6.45) is 1.68. The van der Waals surface area contributed by atoms with Gasteiger partial charge in [0, 0.05) is 12.7 Å². The van der Waals surface area contributed by atoms with Crippen molar-refractivity contribution in [3.63, 3.8) is 0 Å². The third-order valence-electron chi connectivity index (χ3n) is 2.96. The molecule has 1 heterocycles. The van der Waals surface area contributed by atoms with Crippen LogP contribution < -0.4 is 5.32 Å². The number of carbonyl (C=O) groups is 1. The zero-order valence-corrected chi connectivity index (χ0v) is 12.6. The van der Waals surface area contributed by atoms with Crippen LogP contribution in [0.25, 0.3) is 0 Å². The fraction of sp³-hybridized carbons (Fsp3) is 0.231. The lowest BCUT2D eigenvalue weighted by Crippen LogP contribution is -2.18. The van der Waals surface area contributed by atoms with E-state index in [4.69, 9.17) is 0 Å². The molecule has 18 heavy (non-hydrogen) atoms. The maximum atomic E-state index is 12.2. The lowest BCUT2D eigenvalue weighted by atomic mass is 10.1. The van der Waals surface area contributed by atoms with Crippen LogP contribution in [0.1, 0.15) is 21.6 Å². The maximum Gasteiger partial charge on any atom is 0.275 e. The highest BCUT2D eigenvalue weighted by molar-refractivity contribution is 14.1. The second-order valence-electron chi connectivity index (χ2n) is 4.17. The van der Waals surface area contributed by atoms with Gasteiger partial charge in [0.25, 0.3) is 5.91 Å². The molecule has 0 aliphatic rings. The highest BCUT2D eigenvalue weighted by Crippen LogP contribution is 2.19. The molecule has 0 spiro atoms. The average Bonchev–Trinajstić information content (AvgIpc) is 2.65. The van der Waals surface area contributed by atoms with Gasteiger partial charge in [-0.25, -0.2) is 0 Å². The highest BCUT2D eigenvalue weighted by Gasteiger charge is 2.16. The lowest BCUT2D eigenvalue weighted by Gasteiger charge is -2.10. The first-order valence-corrected chi connectivity index (χ1v) is 6.63. The predicted octanol–water partition coefficient (Wildman–Crippen LogP) is 2.89. The smallest absolute Gasteiger partial charge is 0.275 e. The molecule has 2 rings (SSSR count). The minimum absolute atomic E-state index is 0.131. The molecule has 0 saturated carbocycles. The number of aryl methyl sites for hydroxylation is 2. The topological polar surface area (TPSA) is 46.9 Å². The second-order valence-corrected chi connectivity index (χ2v) is 5.33. The SMILES string of the molecule is Cc1cccc(NC(=O)c2c(I)cnn2C)c1C. The number of nitrogens with zero attached hydrogens (tertiary/aromatic N) is 2. The molecule has 2 aromatic rings. The van der Waals surface area contributed by atoms with E-state index >= 15 is 0 Å². The van der Waals surface area contributed by atoms with Crippen molar-refractivity contribution in [3.05, 3.63) is 44.8 Å². The third-order valence-corrected chi connectivity index (χ3v) is 3.75. The molecule has 5 heteroatoms. The van der Waals surface area contributed by atoms with Crippen molar-refractivity contribution >= 4 is 34.2 Å². The first-order valence-electron chi connectivity index (χ1n) is 5.55. The molecule has 0 unspecified atom stereocenters. The van der Waals surface area contributed by atoms with E-state index < -0.39 is 0 Å². The zero-order chi connectivity index (χ0) is 13.3. The molecular weight excluding hydrogens is 341 g/mol. The Hall–Kier alpha value is -1.37. The summed E-state index contributed by atoms with van der Waals surface area (Å²) in [5.74, 6) is -0.131. The van der Waals surface area contributed by atoms with Crippen molar-refractivity contribution in [3.8, 4) is 0 Å². The van der Waals surface area contributed by atoms with Gasteiger partial charge in [0.2, 0.25) is 0 Å². The fourth-order valence-corrected chi connectivity index (χ4v) is 2.45. The van der Waals surface area contributed by atoms with Crippen LogP contribution in [-0.2, 0) is 7.05 Å². The standard InChI is InChI=1S/C13H14IN3O/c1-8-5-4-6-11(9(8)2)16-13(18)12-10(14)7-15-17(12)3/h4-7H,1-3H3,(H,16,18). The van der Waals surface area contributed by atoms with Gasteiger partial charge >= 0.3 is 0 Å². The van der Waals surface area contributed by atoms with Crippen molar-refractivity contribution in [1.29, 1.82) is 0 Å². The molecule has 0 aliphatic carbocycles. The van der Waals surface area contributed by atoms with Gasteiger partial charge in [-0.15, -0.1) is 0 Å². The van der Waals surface area contributed by atoms with Gasteiger partial charge in [-0.2, -0.15) is 5.10 Å². The number of halogens is 1. The molecule has 0 radical (unpaired) electrons. The Morgan fingerprint density at radius 1 is 1.39 bits per heavy atom. The molecule has 94 valence electrons. The number of aromatic nitrogens is 2. The normalized spacial score (nSPS) is 10.4. The Kier molecular flexibility index (Phi) is 3.70. The van der Waals surface area contributed by atoms with Crippen LogP contribution in [0, 0.1) is 17.4 Å². The van der Waals surface area contributed by atoms with Gasteiger partial charge in [0.05, 0.1) is 9.77 Å². The Labute approximate surface area is 120 Å². The van der Waals surface area contributed by atoms with Crippen LogP contribution in [-0.4, -0.2) is 15.7 Å². The number of rotatable bonds is 2. The Morgan fingerprint density at radius 2 is 2.11 bits per heavy atom. The highest BCUT2D eigenvalue weighted by atomic mass is 127. The first kappa shape index (κ1) is 13.1. The van der Waals surface area contributed by atoms with E-state index in [-0.39, 0.29) is 5.91 Å². The van der Waals surface area contributed by atoms with E-state index in [1.807, 2.05) is 32.0 Å². The van der Waals surface area contributed by atoms with E-state index in [9.17, 15) is 4.79 Å². The summed E-state index contributed by atoms with van der Waals surface area (Å²) in [6.45, 7) is 4.03. The number of hydrogen-bond donors (Lipinski definition) is 1. The van der Waals surface area contributed by atoms with Crippen molar-refractivity contribution in [2.24, 2.45) is 7.05 Å². The Balaban J connectivity index is 2.30. The molecule has 1 N–H and O–H groups in total. The Morgan fingerprint density at radius 3 is 2.72 bits per heavy atom. The number of benzene rings is 1. The minimum Gasteiger partial charge on any atom is -0.320 e. The second kappa shape index (κ2) is 5.09. The van der Waals surface area contributed by atoms with Crippen LogP contribution in [0.5, 0.6) is 0 Å². The molecule has 0 aliphatic heterocycles. The van der Waals surface area contributed by atoms with Gasteiger partial charge in [-0.1, -0.05) is 12.1 Å². The molecule has 1 amide bonds. The molecule has 1 aromatic carbocycles. The van der Waals surface area contributed by atoms with Crippen LogP contribution in [0.2, 0.25) is 0 Å². The van der Waals surface area contributed by atoms with Crippen molar-refractivity contribution in [2.75, 3.05) is 5.32 Å². The van der Waals surface area contributed by atoms with E-state index in [1.54, 1.807) is 17.9 Å². The third kappa shape index (κ3) is 2.40. The largest absolute Gasteiger partial charge is 0.320 e. The molecule has 1 aromatic heterocycles. The summed E-state index contributed by atoms with van der Waals surface area (Å²) >= 11 is 2.11. The molecule has 0 saturated heterocycles. The Bertz CT molecular complexity index is 585. The van der Waals surface area contributed by atoms with Crippen molar-refractivity contribution in [1.82, 2.24) is 9.78 Å². The maximum absolute atomic E-state index is 12.2. The monoisotopic (exact) mass is 355 g/mol. The summed E-state index contributed by atoms with van der Waals surface area (Å²) in [5, 5.41) is 7.00. The lowest BCUT2D eigenvalue weighted by molar-refractivity contribution is 0.101. The van der Waals surface area contributed by atoms with Crippen LogP contribution in [0.15, 0.2) is 24.4 Å². The average molecular weight is 355 g/mol. The van der Waals surface area contributed by atoms with Crippen LogP contribution >= 0.6 is 22.6 Å². The van der Waals surface area contributed by atoms with E-state index in [2.05, 4.69) is 33.0 Å². The predicted molar refractivity (Wildman–Crippen MR) is 79.8 cm³/mol. The number of hydrogen-bond acceptors (Lipinski definition) is 2. The van der Waals surface area contributed by atoms with Crippen LogP contribution in [0.4, 0.5) is 5.69 Å². The molecule has 0 atom stereocenters. The van der Waals surface area contributed by atoms with E-state index in [0.717, 1.165) is 20.4 Å². The number of amides is 1. The molecular formula is C13H14IN3O. The number of carbonyl (C=O) groups excluding carboxylic acids is 1. The summed E-state index contributed by atoms with van der Waals surface area (Å²) < 4.78 is 2.43. The van der Waals surface area contributed by atoms with E-state index in [1.165, 1.54) is 0 Å².